The molecule has 0 saturated heterocycles. The van der Waals surface area contributed by atoms with E-state index < -0.39 is 17.4 Å². The Balaban J connectivity index is 2.27. The number of carbonyl (C=O) groups is 1. The number of hydrogen-bond donors (Lipinski definition) is 1. The van der Waals surface area contributed by atoms with E-state index in [0.717, 1.165) is 0 Å². The number of rotatable bonds is 0. The van der Waals surface area contributed by atoms with Crippen molar-refractivity contribution in [3.8, 4) is 0 Å². The SMILES string of the molecule is O=C1NCC2(CC2F)c2c1ccc(Br)c2F. The third-order valence-corrected chi connectivity index (χ3v) is 4.00. The summed E-state index contributed by atoms with van der Waals surface area (Å²) in [7, 11) is 0. The largest absolute Gasteiger partial charge is 0.351 e. The van der Waals surface area contributed by atoms with Gasteiger partial charge in [-0.1, -0.05) is 0 Å². The van der Waals surface area contributed by atoms with E-state index >= 15 is 0 Å². The number of carbonyl (C=O) groups excluding carboxylic acids is 1. The first-order valence-electron chi connectivity index (χ1n) is 4.97. The zero-order valence-electron chi connectivity index (χ0n) is 8.19. The minimum atomic E-state index is -1.06. The fraction of sp³-hybridized carbons (Fsp3) is 0.364. The van der Waals surface area contributed by atoms with Crippen LogP contribution >= 0.6 is 15.9 Å². The number of halogens is 3. The lowest BCUT2D eigenvalue weighted by Gasteiger charge is -2.26. The topological polar surface area (TPSA) is 29.1 Å². The highest BCUT2D eigenvalue weighted by Gasteiger charge is 2.60. The quantitative estimate of drug-likeness (QED) is 0.780. The summed E-state index contributed by atoms with van der Waals surface area (Å²) < 4.78 is 27.7. The lowest BCUT2D eigenvalue weighted by molar-refractivity contribution is 0.0933. The zero-order valence-corrected chi connectivity index (χ0v) is 9.77. The highest BCUT2D eigenvalue weighted by atomic mass is 79.9. The Labute approximate surface area is 99.2 Å². The summed E-state index contributed by atoms with van der Waals surface area (Å²) in [6.07, 6.45) is -0.774. The van der Waals surface area contributed by atoms with Crippen LogP contribution in [0.4, 0.5) is 8.78 Å². The summed E-state index contributed by atoms with van der Waals surface area (Å²) in [5, 5.41) is 2.61. The van der Waals surface area contributed by atoms with Gasteiger partial charge in [-0.25, -0.2) is 8.78 Å². The highest BCUT2D eigenvalue weighted by Crippen LogP contribution is 2.54. The molecule has 3 rings (SSSR count). The summed E-state index contributed by atoms with van der Waals surface area (Å²) >= 11 is 3.06. The van der Waals surface area contributed by atoms with Crippen LogP contribution in [-0.4, -0.2) is 18.6 Å². The lowest BCUT2D eigenvalue weighted by atomic mass is 9.87. The maximum atomic E-state index is 14.0. The summed E-state index contributed by atoms with van der Waals surface area (Å²) in [6.45, 7) is 0.188. The zero-order chi connectivity index (χ0) is 11.5. The molecule has 1 fully saturated rings. The van der Waals surface area contributed by atoms with Crippen molar-refractivity contribution >= 4 is 21.8 Å². The van der Waals surface area contributed by atoms with Crippen molar-refractivity contribution in [1.29, 1.82) is 0 Å². The molecular formula is C11H8BrF2NO. The van der Waals surface area contributed by atoms with Gasteiger partial charge in [-0.2, -0.15) is 0 Å². The Morgan fingerprint density at radius 2 is 2.19 bits per heavy atom. The van der Waals surface area contributed by atoms with E-state index in [2.05, 4.69) is 21.2 Å². The molecular weight excluding hydrogens is 280 g/mol. The van der Waals surface area contributed by atoms with Crippen LogP contribution in [-0.2, 0) is 5.41 Å². The first-order chi connectivity index (χ1) is 7.56. The molecule has 1 aromatic carbocycles. The first kappa shape index (κ1) is 10.2. The maximum absolute atomic E-state index is 14.0. The molecule has 1 spiro atoms. The Kier molecular flexibility index (Phi) is 1.93. The first-order valence-corrected chi connectivity index (χ1v) is 5.76. The normalized spacial score (nSPS) is 31.2. The molecule has 1 aliphatic heterocycles. The van der Waals surface area contributed by atoms with Gasteiger partial charge in [-0.15, -0.1) is 0 Å². The number of amides is 1. The Morgan fingerprint density at radius 3 is 2.81 bits per heavy atom. The van der Waals surface area contributed by atoms with Crippen molar-refractivity contribution in [3.63, 3.8) is 0 Å². The molecule has 1 saturated carbocycles. The van der Waals surface area contributed by atoms with Gasteiger partial charge in [0, 0.05) is 17.7 Å². The minimum absolute atomic E-state index is 0.188. The number of fused-ring (bicyclic) bond motifs is 2. The Morgan fingerprint density at radius 1 is 1.50 bits per heavy atom. The Hall–Kier alpha value is -0.970. The second-order valence-electron chi connectivity index (χ2n) is 4.29. The van der Waals surface area contributed by atoms with Gasteiger partial charge < -0.3 is 5.32 Å². The smallest absolute Gasteiger partial charge is 0.251 e. The van der Waals surface area contributed by atoms with E-state index in [0.29, 0.717) is 0 Å². The van der Waals surface area contributed by atoms with E-state index in [9.17, 15) is 13.6 Å². The minimum Gasteiger partial charge on any atom is -0.351 e. The molecule has 1 aromatic rings. The molecule has 2 aliphatic rings. The average Bonchev–Trinajstić information content (AvgIpc) is 2.89. The van der Waals surface area contributed by atoms with E-state index in [-0.39, 0.29) is 34.5 Å². The molecule has 16 heavy (non-hydrogen) atoms. The molecule has 0 aromatic heterocycles. The molecule has 1 heterocycles. The fourth-order valence-corrected chi connectivity index (χ4v) is 2.68. The van der Waals surface area contributed by atoms with Gasteiger partial charge in [0.2, 0.25) is 0 Å². The van der Waals surface area contributed by atoms with Gasteiger partial charge in [-0.3, -0.25) is 4.79 Å². The molecule has 0 bridgehead atoms. The van der Waals surface area contributed by atoms with Crippen LogP contribution < -0.4 is 5.32 Å². The molecule has 2 unspecified atom stereocenters. The predicted molar refractivity (Wildman–Crippen MR) is 57.6 cm³/mol. The highest BCUT2D eigenvalue weighted by molar-refractivity contribution is 9.10. The van der Waals surface area contributed by atoms with Crippen LogP contribution in [0.3, 0.4) is 0 Å². The monoisotopic (exact) mass is 287 g/mol. The van der Waals surface area contributed by atoms with Crippen molar-refractivity contribution in [1.82, 2.24) is 5.32 Å². The van der Waals surface area contributed by atoms with Crippen molar-refractivity contribution in [2.75, 3.05) is 6.54 Å². The van der Waals surface area contributed by atoms with Gasteiger partial charge in [0.1, 0.15) is 12.0 Å². The summed E-state index contributed by atoms with van der Waals surface area (Å²) in [5.41, 5.74) is -0.331. The van der Waals surface area contributed by atoms with Gasteiger partial charge in [-0.05, 0) is 34.5 Å². The van der Waals surface area contributed by atoms with Crippen LogP contribution in [0.1, 0.15) is 22.3 Å². The van der Waals surface area contributed by atoms with Crippen molar-refractivity contribution < 1.29 is 13.6 Å². The molecule has 1 N–H and O–H groups in total. The number of nitrogens with one attached hydrogen (secondary N) is 1. The fourth-order valence-electron chi connectivity index (χ4n) is 2.35. The molecule has 84 valence electrons. The van der Waals surface area contributed by atoms with Crippen molar-refractivity contribution in [2.45, 2.75) is 18.0 Å². The third-order valence-electron chi connectivity index (χ3n) is 3.38. The van der Waals surface area contributed by atoms with Crippen molar-refractivity contribution in [3.05, 3.63) is 33.5 Å². The van der Waals surface area contributed by atoms with Gasteiger partial charge in [0.05, 0.1) is 9.89 Å². The maximum Gasteiger partial charge on any atom is 0.251 e. The second kappa shape index (κ2) is 3.03. The molecule has 0 radical (unpaired) electrons. The molecule has 2 atom stereocenters. The molecule has 5 heteroatoms. The number of alkyl halides is 1. The second-order valence-corrected chi connectivity index (χ2v) is 5.15. The van der Waals surface area contributed by atoms with Gasteiger partial charge >= 0.3 is 0 Å². The summed E-state index contributed by atoms with van der Waals surface area (Å²) in [6, 6.07) is 3.01. The third kappa shape index (κ3) is 1.12. The molecule has 1 amide bonds. The summed E-state index contributed by atoms with van der Waals surface area (Å²) in [4.78, 5) is 11.6. The predicted octanol–water partition coefficient (Wildman–Crippen LogP) is 2.31. The molecule has 2 nitrogen and oxygen atoms in total. The van der Waals surface area contributed by atoms with Crippen LogP contribution in [0.2, 0.25) is 0 Å². The van der Waals surface area contributed by atoms with Crippen molar-refractivity contribution in [2.24, 2.45) is 0 Å². The number of benzene rings is 1. The van der Waals surface area contributed by atoms with E-state index in [1.165, 1.54) is 12.1 Å². The van der Waals surface area contributed by atoms with Crippen LogP contribution in [0.25, 0.3) is 0 Å². The van der Waals surface area contributed by atoms with E-state index in [4.69, 9.17) is 0 Å². The lowest BCUT2D eigenvalue weighted by Crippen LogP contribution is -2.41. The van der Waals surface area contributed by atoms with Gasteiger partial charge in [0.25, 0.3) is 5.91 Å². The standard InChI is InChI=1S/C11H8BrF2NO/c12-6-2-1-5-8(9(6)14)11(3-7(11)13)4-15-10(5)16/h1-2,7H,3-4H2,(H,15,16). The van der Waals surface area contributed by atoms with Crippen LogP contribution in [0, 0.1) is 5.82 Å². The van der Waals surface area contributed by atoms with Gasteiger partial charge in [0.15, 0.2) is 0 Å². The van der Waals surface area contributed by atoms with E-state index in [1.54, 1.807) is 0 Å². The average molecular weight is 288 g/mol. The van der Waals surface area contributed by atoms with Crippen LogP contribution in [0.5, 0.6) is 0 Å². The number of hydrogen-bond acceptors (Lipinski definition) is 1. The Bertz CT molecular complexity index is 505. The van der Waals surface area contributed by atoms with Crippen LogP contribution in [0.15, 0.2) is 16.6 Å². The van der Waals surface area contributed by atoms with E-state index in [1.807, 2.05) is 0 Å². The molecule has 1 aliphatic carbocycles. The summed E-state index contributed by atoms with van der Waals surface area (Å²) in [5.74, 6) is -0.835.